The Kier molecular flexibility index (Phi) is 4.44. The van der Waals surface area contributed by atoms with Crippen LogP contribution < -0.4 is 14.4 Å². The van der Waals surface area contributed by atoms with Crippen LogP contribution in [0.1, 0.15) is 26.3 Å². The molecule has 0 atom stereocenters. The van der Waals surface area contributed by atoms with Crippen molar-refractivity contribution in [3.05, 3.63) is 48.0 Å². The quantitative estimate of drug-likeness (QED) is 0.895. The Morgan fingerprint density at radius 1 is 1.08 bits per heavy atom. The predicted octanol–water partition coefficient (Wildman–Crippen LogP) is 3.14. The second kappa shape index (κ2) is 6.32. The first kappa shape index (κ1) is 18.3. The van der Waals surface area contributed by atoms with E-state index in [1.165, 1.54) is 23.5 Å². The molecule has 0 aromatic heterocycles. The predicted molar refractivity (Wildman–Crippen MR) is 101 cm³/mol. The Morgan fingerprint density at radius 3 is 2.35 bits per heavy atom. The summed E-state index contributed by atoms with van der Waals surface area (Å²) >= 11 is 0. The van der Waals surface area contributed by atoms with Gasteiger partial charge in [-0.15, -0.1) is 0 Å². The van der Waals surface area contributed by atoms with Crippen LogP contribution in [0.15, 0.2) is 47.4 Å². The molecule has 1 aliphatic heterocycles. The van der Waals surface area contributed by atoms with E-state index in [4.69, 9.17) is 4.74 Å². The SMILES string of the molecule is CN(c1ccc(C(C)(C)C)cc1)S(=O)(=O)c1ccc2c(c1)NC(=O)CO2. The highest BCUT2D eigenvalue weighted by Gasteiger charge is 2.25. The Balaban J connectivity index is 1.92. The van der Waals surface area contributed by atoms with Gasteiger partial charge in [0, 0.05) is 7.05 Å². The number of carbonyl (C=O) groups excluding carboxylic acids is 1. The zero-order valence-corrected chi connectivity index (χ0v) is 16.1. The molecule has 0 aliphatic carbocycles. The number of rotatable bonds is 3. The lowest BCUT2D eigenvalue weighted by atomic mass is 9.87. The molecule has 2 aromatic carbocycles. The van der Waals surface area contributed by atoms with Gasteiger partial charge in [-0.05, 0) is 41.3 Å². The van der Waals surface area contributed by atoms with Crippen molar-refractivity contribution in [2.75, 3.05) is 23.3 Å². The number of benzene rings is 2. The molecule has 26 heavy (non-hydrogen) atoms. The number of sulfonamides is 1. The minimum atomic E-state index is -3.76. The maximum absolute atomic E-state index is 13.0. The number of carbonyl (C=O) groups is 1. The van der Waals surface area contributed by atoms with Gasteiger partial charge in [0.05, 0.1) is 16.3 Å². The lowest BCUT2D eigenvalue weighted by Crippen LogP contribution is -2.28. The van der Waals surface area contributed by atoms with Crippen molar-refractivity contribution in [1.29, 1.82) is 0 Å². The van der Waals surface area contributed by atoms with Crippen molar-refractivity contribution < 1.29 is 17.9 Å². The first-order valence-electron chi connectivity index (χ1n) is 8.25. The molecule has 0 fully saturated rings. The van der Waals surface area contributed by atoms with Gasteiger partial charge in [-0.2, -0.15) is 0 Å². The fourth-order valence-corrected chi connectivity index (χ4v) is 3.91. The van der Waals surface area contributed by atoms with Gasteiger partial charge in [0.25, 0.3) is 15.9 Å². The molecule has 0 radical (unpaired) electrons. The van der Waals surface area contributed by atoms with Crippen LogP contribution in [0.4, 0.5) is 11.4 Å². The molecule has 0 saturated carbocycles. The van der Waals surface area contributed by atoms with E-state index < -0.39 is 10.0 Å². The van der Waals surface area contributed by atoms with Crippen LogP contribution in [0.3, 0.4) is 0 Å². The highest BCUT2D eigenvalue weighted by atomic mass is 32.2. The number of nitrogens with zero attached hydrogens (tertiary/aromatic N) is 1. The molecule has 2 aromatic rings. The largest absolute Gasteiger partial charge is 0.482 e. The minimum Gasteiger partial charge on any atom is -0.482 e. The second-order valence-electron chi connectivity index (χ2n) is 7.26. The van der Waals surface area contributed by atoms with Crippen molar-refractivity contribution in [1.82, 2.24) is 0 Å². The molecule has 138 valence electrons. The Bertz CT molecular complexity index is 944. The van der Waals surface area contributed by atoms with E-state index in [0.29, 0.717) is 17.1 Å². The van der Waals surface area contributed by atoms with Gasteiger partial charge in [-0.1, -0.05) is 32.9 Å². The fraction of sp³-hybridized carbons (Fsp3) is 0.316. The normalized spacial score (nSPS) is 14.2. The average Bonchev–Trinajstić information content (AvgIpc) is 2.59. The van der Waals surface area contributed by atoms with Gasteiger partial charge in [0.2, 0.25) is 0 Å². The molecular weight excluding hydrogens is 352 g/mol. The van der Waals surface area contributed by atoms with Gasteiger partial charge >= 0.3 is 0 Å². The van der Waals surface area contributed by atoms with E-state index in [1.54, 1.807) is 18.2 Å². The van der Waals surface area contributed by atoms with E-state index in [9.17, 15) is 13.2 Å². The topological polar surface area (TPSA) is 75.7 Å². The summed E-state index contributed by atoms with van der Waals surface area (Å²) in [4.78, 5) is 11.5. The van der Waals surface area contributed by atoms with Crippen molar-refractivity contribution in [2.24, 2.45) is 0 Å². The van der Waals surface area contributed by atoms with E-state index in [0.717, 1.165) is 5.56 Å². The summed E-state index contributed by atoms with van der Waals surface area (Å²) < 4.78 is 32.4. The molecule has 1 amide bonds. The molecule has 1 heterocycles. The number of anilines is 2. The molecule has 6 nitrogen and oxygen atoms in total. The monoisotopic (exact) mass is 374 g/mol. The van der Waals surface area contributed by atoms with Crippen molar-refractivity contribution in [3.63, 3.8) is 0 Å². The van der Waals surface area contributed by atoms with Crippen LogP contribution in [0.2, 0.25) is 0 Å². The lowest BCUT2D eigenvalue weighted by Gasteiger charge is -2.24. The summed E-state index contributed by atoms with van der Waals surface area (Å²) in [6.45, 7) is 6.24. The first-order chi connectivity index (χ1) is 12.1. The van der Waals surface area contributed by atoms with Crippen LogP contribution in [0.5, 0.6) is 5.75 Å². The molecule has 0 spiro atoms. The number of hydrogen-bond donors (Lipinski definition) is 1. The number of amides is 1. The van der Waals surface area contributed by atoms with Crippen molar-refractivity contribution >= 4 is 27.3 Å². The zero-order valence-electron chi connectivity index (χ0n) is 15.2. The van der Waals surface area contributed by atoms with Gasteiger partial charge in [0.15, 0.2) is 6.61 Å². The number of nitrogens with one attached hydrogen (secondary N) is 1. The van der Waals surface area contributed by atoms with Crippen molar-refractivity contribution in [3.8, 4) is 5.75 Å². The summed E-state index contributed by atoms with van der Waals surface area (Å²) in [6, 6.07) is 11.9. The van der Waals surface area contributed by atoms with Crippen LogP contribution in [0.25, 0.3) is 0 Å². The zero-order chi connectivity index (χ0) is 19.1. The molecule has 0 unspecified atom stereocenters. The third kappa shape index (κ3) is 3.39. The molecule has 1 aliphatic rings. The molecular formula is C19H22N2O4S. The van der Waals surface area contributed by atoms with Crippen LogP contribution in [0, 0.1) is 0 Å². The maximum atomic E-state index is 13.0. The summed E-state index contributed by atoms with van der Waals surface area (Å²) in [5.41, 5.74) is 2.04. The highest BCUT2D eigenvalue weighted by Crippen LogP contribution is 2.32. The summed E-state index contributed by atoms with van der Waals surface area (Å²) in [6.07, 6.45) is 0. The summed E-state index contributed by atoms with van der Waals surface area (Å²) in [5, 5.41) is 2.63. The third-order valence-electron chi connectivity index (χ3n) is 4.34. The van der Waals surface area contributed by atoms with Crippen LogP contribution in [-0.4, -0.2) is 28.0 Å². The fourth-order valence-electron chi connectivity index (χ4n) is 2.69. The van der Waals surface area contributed by atoms with Gasteiger partial charge < -0.3 is 10.1 Å². The minimum absolute atomic E-state index is 0.00727. The highest BCUT2D eigenvalue weighted by molar-refractivity contribution is 7.92. The number of ether oxygens (including phenoxy) is 1. The van der Waals surface area contributed by atoms with E-state index in [2.05, 4.69) is 26.1 Å². The molecule has 1 N–H and O–H groups in total. The third-order valence-corrected chi connectivity index (χ3v) is 6.12. The van der Waals surface area contributed by atoms with Gasteiger partial charge in [0.1, 0.15) is 5.75 Å². The van der Waals surface area contributed by atoms with E-state index in [-0.39, 0.29) is 22.8 Å². The maximum Gasteiger partial charge on any atom is 0.264 e. The average molecular weight is 374 g/mol. The molecule has 7 heteroatoms. The molecule has 3 rings (SSSR count). The van der Waals surface area contributed by atoms with Gasteiger partial charge in [-0.25, -0.2) is 8.42 Å². The molecule has 0 bridgehead atoms. The Morgan fingerprint density at radius 2 is 1.73 bits per heavy atom. The smallest absolute Gasteiger partial charge is 0.264 e. The Labute approximate surface area is 153 Å². The van der Waals surface area contributed by atoms with Gasteiger partial charge in [-0.3, -0.25) is 9.10 Å². The standard InChI is InChI=1S/C19H22N2O4S/c1-19(2,3)13-5-7-14(8-6-13)21(4)26(23,24)15-9-10-17-16(11-15)20-18(22)12-25-17/h5-11H,12H2,1-4H3,(H,20,22). The summed E-state index contributed by atoms with van der Waals surface area (Å²) in [7, 11) is -2.25. The van der Waals surface area contributed by atoms with E-state index in [1.807, 2.05) is 12.1 Å². The van der Waals surface area contributed by atoms with E-state index >= 15 is 0 Å². The van der Waals surface area contributed by atoms with Crippen molar-refractivity contribution in [2.45, 2.75) is 31.1 Å². The number of hydrogen-bond acceptors (Lipinski definition) is 4. The number of fused-ring (bicyclic) bond motifs is 1. The Hall–Kier alpha value is -2.54. The second-order valence-corrected chi connectivity index (χ2v) is 9.23. The van der Waals surface area contributed by atoms with Crippen LogP contribution in [-0.2, 0) is 20.2 Å². The summed E-state index contributed by atoms with van der Waals surface area (Å²) in [5.74, 6) is 0.152. The lowest BCUT2D eigenvalue weighted by molar-refractivity contribution is -0.118. The molecule has 0 saturated heterocycles. The first-order valence-corrected chi connectivity index (χ1v) is 9.69. The van der Waals surface area contributed by atoms with Crippen LogP contribution >= 0.6 is 0 Å².